The van der Waals surface area contributed by atoms with Gasteiger partial charge in [0.25, 0.3) is 0 Å². The summed E-state index contributed by atoms with van der Waals surface area (Å²) in [7, 11) is 0. The number of hydrogen-bond donors (Lipinski definition) is 1. The van der Waals surface area contributed by atoms with Crippen LogP contribution < -0.4 is 5.43 Å². The van der Waals surface area contributed by atoms with E-state index in [1.54, 1.807) is 6.08 Å². The van der Waals surface area contributed by atoms with E-state index >= 15 is 0 Å². The fraction of sp³-hybridized carbons (Fsp3) is 0.625. The summed E-state index contributed by atoms with van der Waals surface area (Å²) in [5.74, 6) is 0. The van der Waals surface area contributed by atoms with Gasteiger partial charge in [-0.2, -0.15) is 0 Å². The maximum atomic E-state index is 10.3. The van der Waals surface area contributed by atoms with E-state index in [1.165, 1.54) is 5.01 Å². The lowest BCUT2D eigenvalue weighted by molar-refractivity contribution is -0.120. The maximum absolute atomic E-state index is 10.3. The second-order valence-corrected chi connectivity index (χ2v) is 2.31. The largest absolute Gasteiger partial charge is 0.277 e. The molecule has 0 aromatic carbocycles. The fourth-order valence-electron chi connectivity index (χ4n) is 0.683. The minimum atomic E-state index is 0.563. The van der Waals surface area contributed by atoms with Crippen LogP contribution in [0, 0.1) is 0 Å². The van der Waals surface area contributed by atoms with Crippen molar-refractivity contribution in [3.8, 4) is 0 Å². The molecule has 0 saturated carbocycles. The zero-order valence-corrected chi connectivity index (χ0v) is 7.05. The van der Waals surface area contributed by atoms with Crippen LogP contribution in [-0.2, 0) is 4.79 Å². The van der Waals surface area contributed by atoms with Crippen LogP contribution in [0.5, 0.6) is 0 Å². The Morgan fingerprint density at radius 3 is 2.82 bits per heavy atom. The van der Waals surface area contributed by atoms with E-state index in [0.29, 0.717) is 6.54 Å². The molecule has 0 unspecified atom stereocenters. The van der Waals surface area contributed by atoms with Gasteiger partial charge in [-0.1, -0.05) is 19.4 Å². The first-order chi connectivity index (χ1) is 5.35. The summed E-state index contributed by atoms with van der Waals surface area (Å²) >= 11 is 0. The number of unbranched alkanes of at least 4 members (excludes halogenated alkanes) is 1. The molecule has 0 radical (unpaired) electrons. The van der Waals surface area contributed by atoms with Gasteiger partial charge >= 0.3 is 0 Å². The molecule has 0 rings (SSSR count). The Balaban J connectivity index is 3.35. The second-order valence-electron chi connectivity index (χ2n) is 2.31. The molecular weight excluding hydrogens is 140 g/mol. The van der Waals surface area contributed by atoms with Crippen LogP contribution in [-0.4, -0.2) is 24.5 Å². The Morgan fingerprint density at radius 1 is 1.64 bits per heavy atom. The van der Waals surface area contributed by atoms with Gasteiger partial charge in [0, 0.05) is 6.54 Å². The summed E-state index contributed by atoms with van der Waals surface area (Å²) < 4.78 is 0. The van der Waals surface area contributed by atoms with Gasteiger partial charge < -0.3 is 0 Å². The monoisotopic (exact) mass is 156 g/mol. The molecular formula is C8H16N2O. The summed E-state index contributed by atoms with van der Waals surface area (Å²) in [6.45, 7) is 7.06. The third-order valence-corrected chi connectivity index (χ3v) is 1.30. The van der Waals surface area contributed by atoms with Gasteiger partial charge in [0.1, 0.15) is 0 Å². The summed E-state index contributed by atoms with van der Waals surface area (Å²) in [4.78, 5) is 10.3. The standard InChI is InChI=1S/C8H16N2O/c1-3-5-6-9-10(8-11)7-4-2/h4,8-9H,2-3,5-7H2,1H3. The van der Waals surface area contributed by atoms with Crippen LogP contribution in [0.4, 0.5) is 0 Å². The predicted octanol–water partition coefficient (Wildman–Crippen LogP) is 0.935. The van der Waals surface area contributed by atoms with E-state index in [1.807, 2.05) is 0 Å². The third-order valence-electron chi connectivity index (χ3n) is 1.30. The molecule has 0 bridgehead atoms. The van der Waals surface area contributed by atoms with Crippen molar-refractivity contribution in [3.63, 3.8) is 0 Å². The second kappa shape index (κ2) is 7.28. The first-order valence-corrected chi connectivity index (χ1v) is 3.91. The number of nitrogens with one attached hydrogen (secondary N) is 1. The van der Waals surface area contributed by atoms with Crippen molar-refractivity contribution in [1.82, 2.24) is 10.4 Å². The highest BCUT2D eigenvalue weighted by molar-refractivity contribution is 5.46. The topological polar surface area (TPSA) is 32.3 Å². The van der Waals surface area contributed by atoms with Crippen LogP contribution in [0.1, 0.15) is 19.8 Å². The highest BCUT2D eigenvalue weighted by atomic mass is 16.1. The van der Waals surface area contributed by atoms with Crippen LogP contribution >= 0.6 is 0 Å². The number of amides is 1. The van der Waals surface area contributed by atoms with Crippen molar-refractivity contribution in [2.75, 3.05) is 13.1 Å². The molecule has 0 aliphatic rings. The lowest BCUT2D eigenvalue weighted by Gasteiger charge is -2.15. The fourth-order valence-corrected chi connectivity index (χ4v) is 0.683. The molecule has 0 aliphatic heterocycles. The quantitative estimate of drug-likeness (QED) is 0.257. The summed E-state index contributed by atoms with van der Waals surface area (Å²) in [5, 5.41) is 1.49. The van der Waals surface area contributed by atoms with Crippen molar-refractivity contribution in [2.24, 2.45) is 0 Å². The molecule has 0 aromatic rings. The molecule has 0 aromatic heterocycles. The lowest BCUT2D eigenvalue weighted by Crippen LogP contribution is -2.37. The molecule has 0 aliphatic carbocycles. The van der Waals surface area contributed by atoms with Gasteiger partial charge in [-0.25, -0.2) is 5.43 Å². The van der Waals surface area contributed by atoms with E-state index in [-0.39, 0.29) is 0 Å². The molecule has 1 amide bonds. The Bertz CT molecular complexity index is 115. The minimum absolute atomic E-state index is 0.563. The summed E-state index contributed by atoms with van der Waals surface area (Å²) in [6.07, 6.45) is 4.68. The maximum Gasteiger partial charge on any atom is 0.224 e. The molecule has 64 valence electrons. The van der Waals surface area contributed by atoms with Crippen molar-refractivity contribution >= 4 is 6.41 Å². The van der Waals surface area contributed by atoms with Gasteiger partial charge in [-0.05, 0) is 6.42 Å². The highest BCUT2D eigenvalue weighted by Crippen LogP contribution is 1.84. The van der Waals surface area contributed by atoms with Gasteiger partial charge in [0.2, 0.25) is 6.41 Å². The van der Waals surface area contributed by atoms with Crippen LogP contribution in [0.3, 0.4) is 0 Å². The zero-order valence-electron chi connectivity index (χ0n) is 7.05. The Hall–Kier alpha value is -0.830. The molecule has 1 N–H and O–H groups in total. The number of nitrogens with zero attached hydrogens (tertiary/aromatic N) is 1. The van der Waals surface area contributed by atoms with E-state index in [4.69, 9.17) is 0 Å². The molecule has 0 fully saturated rings. The summed E-state index contributed by atoms with van der Waals surface area (Å²) in [6, 6.07) is 0. The molecule has 3 nitrogen and oxygen atoms in total. The Labute approximate surface area is 68.0 Å². The van der Waals surface area contributed by atoms with Gasteiger partial charge in [-0.15, -0.1) is 6.58 Å². The lowest BCUT2D eigenvalue weighted by atomic mass is 10.3. The van der Waals surface area contributed by atoms with Crippen molar-refractivity contribution in [3.05, 3.63) is 12.7 Å². The Kier molecular flexibility index (Phi) is 6.73. The summed E-state index contributed by atoms with van der Waals surface area (Å²) in [5.41, 5.74) is 2.97. The zero-order chi connectivity index (χ0) is 8.53. The number of carbonyl (C=O) groups is 1. The number of hydrogen-bond acceptors (Lipinski definition) is 2. The van der Waals surface area contributed by atoms with E-state index in [2.05, 4.69) is 18.9 Å². The van der Waals surface area contributed by atoms with Crippen LogP contribution in [0.2, 0.25) is 0 Å². The first kappa shape index (κ1) is 10.2. The normalized spacial score (nSPS) is 9.18. The number of carbonyl (C=O) groups excluding carboxylic acids is 1. The number of hydrazine groups is 1. The molecule has 11 heavy (non-hydrogen) atoms. The average molecular weight is 156 g/mol. The third kappa shape index (κ3) is 5.61. The number of rotatable bonds is 7. The molecule has 0 saturated heterocycles. The molecule has 0 atom stereocenters. The smallest absolute Gasteiger partial charge is 0.224 e. The van der Waals surface area contributed by atoms with E-state index in [9.17, 15) is 4.79 Å². The molecule has 3 heteroatoms. The van der Waals surface area contributed by atoms with Gasteiger partial charge in [-0.3, -0.25) is 9.80 Å². The minimum Gasteiger partial charge on any atom is -0.277 e. The van der Waals surface area contributed by atoms with Crippen LogP contribution in [0.15, 0.2) is 12.7 Å². The van der Waals surface area contributed by atoms with Gasteiger partial charge in [0.15, 0.2) is 0 Å². The highest BCUT2D eigenvalue weighted by Gasteiger charge is 1.94. The Morgan fingerprint density at radius 2 is 2.36 bits per heavy atom. The molecule has 0 heterocycles. The van der Waals surface area contributed by atoms with E-state index in [0.717, 1.165) is 25.8 Å². The average Bonchev–Trinajstić information content (AvgIpc) is 2.03. The SMILES string of the molecule is C=CCN(C=O)NCCCC. The van der Waals surface area contributed by atoms with Crippen molar-refractivity contribution < 1.29 is 4.79 Å². The predicted molar refractivity (Wildman–Crippen MR) is 45.9 cm³/mol. The van der Waals surface area contributed by atoms with Crippen molar-refractivity contribution in [1.29, 1.82) is 0 Å². The van der Waals surface area contributed by atoms with Gasteiger partial charge in [0.05, 0.1) is 6.54 Å². The first-order valence-electron chi connectivity index (χ1n) is 3.91. The molecule has 0 spiro atoms. The van der Waals surface area contributed by atoms with Crippen molar-refractivity contribution in [2.45, 2.75) is 19.8 Å². The van der Waals surface area contributed by atoms with Crippen LogP contribution in [0.25, 0.3) is 0 Å². The van der Waals surface area contributed by atoms with E-state index < -0.39 is 0 Å².